The van der Waals surface area contributed by atoms with Gasteiger partial charge in [-0.25, -0.2) is 4.68 Å². The van der Waals surface area contributed by atoms with Gasteiger partial charge < -0.3 is 5.11 Å². The average Bonchev–Trinajstić information content (AvgIpc) is 3.25. The Morgan fingerprint density at radius 1 is 0.931 bits per heavy atom. The molecule has 3 heterocycles. The van der Waals surface area contributed by atoms with E-state index in [4.69, 9.17) is 0 Å². The topological polar surface area (TPSA) is 78.7 Å². The molecule has 7 nitrogen and oxygen atoms in total. The molecule has 146 valence electrons. The molecular weight excluding hydrogens is 368 g/mol. The Morgan fingerprint density at radius 2 is 1.55 bits per heavy atom. The number of nitrogens with zero attached hydrogens (tertiary/aromatic N) is 4. The second-order valence-corrected chi connectivity index (χ2v) is 7.31. The van der Waals surface area contributed by atoms with Crippen LogP contribution in [0.1, 0.15) is 40.1 Å². The maximum atomic E-state index is 13.0. The molecule has 2 aliphatic heterocycles. The van der Waals surface area contributed by atoms with Gasteiger partial charge in [-0.05, 0) is 17.5 Å². The van der Waals surface area contributed by atoms with E-state index in [1.807, 2.05) is 41.4 Å². The molecule has 0 saturated carbocycles. The summed E-state index contributed by atoms with van der Waals surface area (Å²) < 4.78 is 1.52. The fraction of sp³-hybridized carbons (Fsp3) is 0.227. The van der Waals surface area contributed by atoms with Crippen LogP contribution >= 0.6 is 0 Å². The second kappa shape index (κ2) is 6.86. The van der Waals surface area contributed by atoms with Gasteiger partial charge in [0, 0.05) is 19.0 Å². The Hall–Kier alpha value is -3.45. The molecule has 7 heteroatoms. The van der Waals surface area contributed by atoms with Crippen molar-refractivity contribution in [1.82, 2.24) is 19.8 Å². The van der Waals surface area contributed by atoms with Gasteiger partial charge in [0.25, 0.3) is 5.91 Å². The van der Waals surface area contributed by atoms with E-state index in [1.54, 1.807) is 5.01 Å². The van der Waals surface area contributed by atoms with Gasteiger partial charge in [0.05, 0.1) is 6.20 Å². The molecule has 1 amide bonds. The lowest BCUT2D eigenvalue weighted by Gasteiger charge is -2.44. The molecule has 29 heavy (non-hydrogen) atoms. The van der Waals surface area contributed by atoms with Gasteiger partial charge in [-0.1, -0.05) is 60.7 Å². The van der Waals surface area contributed by atoms with Gasteiger partial charge in [-0.15, -0.1) is 0 Å². The van der Waals surface area contributed by atoms with E-state index in [1.165, 1.54) is 4.68 Å². The first kappa shape index (κ1) is 17.6. The number of benzene rings is 2. The minimum atomic E-state index is -0.646. The third-order valence-electron chi connectivity index (χ3n) is 5.66. The van der Waals surface area contributed by atoms with Crippen molar-refractivity contribution in [1.29, 1.82) is 0 Å². The molecule has 1 atom stereocenters. The number of aromatic hydroxyl groups is 1. The van der Waals surface area contributed by atoms with Crippen LogP contribution in [-0.2, 0) is 0 Å². The Labute approximate surface area is 167 Å². The number of carbonyl (C=O) groups excluding carboxylic acids is 1. The summed E-state index contributed by atoms with van der Waals surface area (Å²) in [6.45, 7) is 1.24. The van der Waals surface area contributed by atoms with Crippen molar-refractivity contribution < 1.29 is 9.90 Å². The molecule has 2 aliphatic rings. The van der Waals surface area contributed by atoms with Crippen LogP contribution in [0.3, 0.4) is 0 Å². The third kappa shape index (κ3) is 2.74. The predicted molar refractivity (Wildman–Crippen MR) is 106 cm³/mol. The zero-order valence-corrected chi connectivity index (χ0v) is 15.7. The first-order chi connectivity index (χ1) is 14.2. The molecule has 5 rings (SSSR count). The summed E-state index contributed by atoms with van der Waals surface area (Å²) in [5.41, 5.74) is 1.44. The Morgan fingerprint density at radius 3 is 2.17 bits per heavy atom. The number of hydrazine groups is 1. The molecular formula is C22H20N4O3. The lowest BCUT2D eigenvalue weighted by Crippen LogP contribution is -2.54. The number of amides is 1. The summed E-state index contributed by atoms with van der Waals surface area (Å²) in [7, 11) is 0. The maximum absolute atomic E-state index is 13.0. The van der Waals surface area contributed by atoms with Gasteiger partial charge in [0.2, 0.25) is 5.43 Å². The smallest absolute Gasteiger partial charge is 0.290 e. The Bertz CT molecular complexity index is 1070. The highest BCUT2D eigenvalue weighted by Gasteiger charge is 2.46. The lowest BCUT2D eigenvalue weighted by atomic mass is 9.87. The van der Waals surface area contributed by atoms with E-state index < -0.39 is 11.2 Å². The minimum absolute atomic E-state index is 0.0440. The standard InChI is InChI=1S/C22H20N4O3/c27-17-14-23-26-19(20(17)28)22(29)25-13-7-12-24(25)21(26)18(15-8-3-1-4-9-15)16-10-5-2-6-11-16/h1-6,8-11,14,18,21,28H,7,12-13H2. The van der Waals surface area contributed by atoms with E-state index in [9.17, 15) is 14.7 Å². The summed E-state index contributed by atoms with van der Waals surface area (Å²) >= 11 is 0. The Balaban J connectivity index is 1.78. The number of hydrogen-bond acceptors (Lipinski definition) is 5. The van der Waals surface area contributed by atoms with Crippen molar-refractivity contribution in [3.63, 3.8) is 0 Å². The molecule has 2 aromatic carbocycles. The Kier molecular flexibility index (Phi) is 4.17. The average molecular weight is 388 g/mol. The van der Waals surface area contributed by atoms with E-state index in [-0.39, 0.29) is 23.7 Å². The van der Waals surface area contributed by atoms with Gasteiger partial charge >= 0.3 is 0 Å². The molecule has 1 saturated heterocycles. The van der Waals surface area contributed by atoms with Crippen LogP contribution in [0.5, 0.6) is 5.75 Å². The number of carbonyl (C=O) groups is 1. The van der Waals surface area contributed by atoms with Gasteiger partial charge in [-0.3, -0.25) is 14.6 Å². The van der Waals surface area contributed by atoms with Crippen LogP contribution in [0.25, 0.3) is 0 Å². The fourth-order valence-corrected chi connectivity index (χ4v) is 4.40. The van der Waals surface area contributed by atoms with Crippen molar-refractivity contribution in [2.75, 3.05) is 13.1 Å². The molecule has 3 aromatic rings. The van der Waals surface area contributed by atoms with Crippen molar-refractivity contribution in [2.45, 2.75) is 18.5 Å². The zero-order valence-electron chi connectivity index (χ0n) is 15.7. The number of aromatic nitrogens is 2. The molecule has 1 unspecified atom stereocenters. The van der Waals surface area contributed by atoms with Crippen molar-refractivity contribution in [3.8, 4) is 5.75 Å². The highest BCUT2D eigenvalue weighted by Crippen LogP contribution is 2.43. The molecule has 1 aromatic heterocycles. The normalized spacial score (nSPS) is 18.7. The van der Waals surface area contributed by atoms with E-state index in [2.05, 4.69) is 29.4 Å². The van der Waals surface area contributed by atoms with E-state index in [0.717, 1.165) is 23.7 Å². The van der Waals surface area contributed by atoms with Crippen LogP contribution in [0.4, 0.5) is 0 Å². The monoisotopic (exact) mass is 388 g/mol. The summed E-state index contributed by atoms with van der Waals surface area (Å²) in [6.07, 6.45) is 1.51. The summed E-state index contributed by atoms with van der Waals surface area (Å²) in [5.74, 6) is -1.08. The van der Waals surface area contributed by atoms with Gasteiger partial charge in [-0.2, -0.15) is 10.1 Å². The predicted octanol–water partition coefficient (Wildman–Crippen LogP) is 2.36. The summed E-state index contributed by atoms with van der Waals surface area (Å²) in [6, 6.07) is 20.1. The first-order valence-corrected chi connectivity index (χ1v) is 9.66. The fourth-order valence-electron chi connectivity index (χ4n) is 4.40. The SMILES string of the molecule is O=C1c2c(O)c(=O)cnn2C(C(c2ccccc2)c2ccccc2)N2CCCN12. The van der Waals surface area contributed by atoms with Crippen LogP contribution in [0, 0.1) is 0 Å². The highest BCUT2D eigenvalue weighted by atomic mass is 16.3. The van der Waals surface area contributed by atoms with Gasteiger partial charge in [0.1, 0.15) is 6.17 Å². The zero-order chi connectivity index (χ0) is 20.0. The van der Waals surface area contributed by atoms with Crippen LogP contribution in [0.15, 0.2) is 71.7 Å². The quantitative estimate of drug-likeness (QED) is 0.745. The largest absolute Gasteiger partial charge is 0.502 e. The van der Waals surface area contributed by atoms with Crippen molar-refractivity contribution in [2.24, 2.45) is 0 Å². The minimum Gasteiger partial charge on any atom is -0.502 e. The van der Waals surface area contributed by atoms with Crippen LogP contribution < -0.4 is 5.43 Å². The second-order valence-electron chi connectivity index (χ2n) is 7.31. The van der Waals surface area contributed by atoms with E-state index in [0.29, 0.717) is 13.1 Å². The third-order valence-corrected chi connectivity index (χ3v) is 5.66. The van der Waals surface area contributed by atoms with Crippen molar-refractivity contribution in [3.05, 3.63) is 93.9 Å². The van der Waals surface area contributed by atoms with Gasteiger partial charge in [0.15, 0.2) is 11.4 Å². The molecule has 1 fully saturated rings. The number of rotatable bonds is 3. The molecule has 0 bridgehead atoms. The maximum Gasteiger partial charge on any atom is 0.290 e. The van der Waals surface area contributed by atoms with Crippen LogP contribution in [0.2, 0.25) is 0 Å². The van der Waals surface area contributed by atoms with Crippen LogP contribution in [-0.4, -0.2) is 43.9 Å². The summed E-state index contributed by atoms with van der Waals surface area (Å²) in [4.78, 5) is 25.1. The number of fused-ring (bicyclic) bond motifs is 2. The first-order valence-electron chi connectivity index (χ1n) is 9.66. The molecule has 0 spiro atoms. The van der Waals surface area contributed by atoms with Crippen molar-refractivity contribution >= 4 is 5.91 Å². The molecule has 1 N–H and O–H groups in total. The molecule has 0 aliphatic carbocycles. The molecule has 0 radical (unpaired) electrons. The number of hydrogen-bond donors (Lipinski definition) is 1. The van der Waals surface area contributed by atoms with E-state index >= 15 is 0 Å². The highest BCUT2D eigenvalue weighted by molar-refractivity contribution is 5.95. The lowest BCUT2D eigenvalue weighted by molar-refractivity contribution is -0.0541. The summed E-state index contributed by atoms with van der Waals surface area (Å²) in [5, 5.41) is 18.4.